The first kappa shape index (κ1) is 60.6. The summed E-state index contributed by atoms with van der Waals surface area (Å²) in [7, 11) is 0. The van der Waals surface area contributed by atoms with Crippen LogP contribution in [0.1, 0.15) is 44.5 Å². The summed E-state index contributed by atoms with van der Waals surface area (Å²) in [5.74, 6) is 1.25. The van der Waals surface area contributed by atoms with Gasteiger partial charge in [-0.25, -0.2) is 19.9 Å². The zero-order valence-corrected chi connectivity index (χ0v) is 60.6. The Morgan fingerprint density at radius 3 is 1.25 bits per heavy atom. The van der Waals surface area contributed by atoms with Crippen molar-refractivity contribution in [1.82, 2.24) is 29.1 Å². The highest BCUT2D eigenvalue weighted by Gasteiger charge is 2.53. The van der Waals surface area contributed by atoms with E-state index in [1.807, 2.05) is 23.5 Å². The Hall–Kier alpha value is -13.5. The van der Waals surface area contributed by atoms with E-state index in [9.17, 15) is 0 Å². The normalized spacial score (nSPS) is 13.9. The molecule has 0 saturated heterocycles. The molecule has 6 heterocycles. The Kier molecular flexibility index (Phi) is 12.4. The zero-order valence-electron chi connectivity index (χ0n) is 59.0. The average Bonchev–Trinajstić information content (AvgIpc) is 1.49. The van der Waals surface area contributed by atoms with Gasteiger partial charge in [-0.3, -0.25) is 9.13 Å². The molecule has 21 aromatic rings. The molecule has 0 N–H and O–H groups in total. The van der Waals surface area contributed by atoms with Gasteiger partial charge in [0.15, 0.2) is 0 Å². The van der Waals surface area contributed by atoms with E-state index >= 15 is 0 Å². The number of hydrogen-bond acceptors (Lipinski definition) is 6. The van der Waals surface area contributed by atoms with Gasteiger partial charge in [0.25, 0.3) is 0 Å². The van der Waals surface area contributed by atoms with Crippen LogP contribution in [0.4, 0.5) is 0 Å². The molecule has 17 aromatic carbocycles. The molecule has 0 fully saturated rings. The third-order valence-electron chi connectivity index (χ3n) is 24.4. The van der Waals surface area contributed by atoms with Crippen molar-refractivity contribution >= 4 is 121 Å². The number of aromatic nitrogens is 6. The topological polar surface area (TPSA) is 61.4 Å². The van der Waals surface area contributed by atoms with E-state index in [4.69, 9.17) is 19.9 Å². The molecule has 0 amide bonds. The Morgan fingerprint density at radius 1 is 0.236 bits per heavy atom. The predicted molar refractivity (Wildman–Crippen MR) is 453 cm³/mol. The maximum Gasteiger partial charge on any atom is 0.235 e. The summed E-state index contributed by atoms with van der Waals surface area (Å²) in [4.78, 5) is 27.9. The Morgan fingerprint density at radius 2 is 0.655 bits per heavy atom. The quantitative estimate of drug-likeness (QED) is 0.171. The second-order valence-electron chi connectivity index (χ2n) is 29.7. The van der Waals surface area contributed by atoms with E-state index in [1.54, 1.807) is 0 Å². The highest BCUT2D eigenvalue weighted by molar-refractivity contribution is 8.00. The van der Waals surface area contributed by atoms with E-state index in [-0.39, 0.29) is 0 Å². The smallest absolute Gasteiger partial charge is 0.235 e. The molecule has 4 aromatic heterocycles. The molecule has 0 radical (unpaired) electrons. The van der Waals surface area contributed by atoms with Crippen molar-refractivity contribution in [2.75, 3.05) is 0 Å². The molecule has 25 rings (SSSR count). The summed E-state index contributed by atoms with van der Waals surface area (Å²) >= 11 is 3.79. The van der Waals surface area contributed by atoms with E-state index in [2.05, 4.69) is 361 Å². The minimum absolute atomic E-state index is 0.540. The van der Waals surface area contributed by atoms with Crippen LogP contribution in [0.25, 0.3) is 166 Å². The Labute approximate surface area is 640 Å². The van der Waals surface area contributed by atoms with Gasteiger partial charge in [0.2, 0.25) is 11.9 Å². The first-order chi connectivity index (χ1) is 54.5. The highest BCUT2D eigenvalue weighted by Crippen LogP contribution is 2.66. The summed E-state index contributed by atoms with van der Waals surface area (Å²) in [6.45, 7) is 0. The molecular formula is C102H58N6S2. The van der Waals surface area contributed by atoms with Crippen molar-refractivity contribution in [2.45, 2.75) is 30.4 Å². The van der Waals surface area contributed by atoms with Crippen molar-refractivity contribution < 1.29 is 0 Å². The number of fused-ring (bicyclic) bond motifs is 33. The molecule has 8 heteroatoms. The molecule has 508 valence electrons. The first-order valence-corrected chi connectivity index (χ1v) is 39.3. The summed E-state index contributed by atoms with van der Waals surface area (Å²) in [6.07, 6.45) is 0. The second kappa shape index (κ2) is 22.5. The van der Waals surface area contributed by atoms with Gasteiger partial charge in [-0.1, -0.05) is 327 Å². The van der Waals surface area contributed by atoms with E-state index < -0.39 is 10.8 Å². The zero-order chi connectivity index (χ0) is 71.7. The van der Waals surface area contributed by atoms with Crippen molar-refractivity contribution in [3.8, 4) is 67.8 Å². The van der Waals surface area contributed by atoms with Gasteiger partial charge in [0.1, 0.15) is 0 Å². The van der Waals surface area contributed by atoms with Crippen molar-refractivity contribution in [2.24, 2.45) is 0 Å². The summed E-state index contributed by atoms with van der Waals surface area (Å²) in [5, 5.41) is 13.6. The molecule has 0 saturated carbocycles. The lowest BCUT2D eigenvalue weighted by Gasteiger charge is -2.40. The van der Waals surface area contributed by atoms with Gasteiger partial charge < -0.3 is 0 Å². The molecule has 2 spiro atoms. The molecular weight excluding hydrogens is 1370 g/mol. The fraction of sp³-hybridized carbons (Fsp3) is 0.0196. The Bertz CT molecular complexity index is 7610. The SMILES string of the molecule is c1ccc(-c2nc(-n3c4ccc5c(c4c4ccc6ccccc6c43)Sc3ccccc3C53c4ccccc4-c4ccccc43)nc3ccc(-c4ccc5c(c4)Sc4c(ccc6c4c4ccc7ccccc7c4n6-c4nc(-c6ccc7ccccc7c6)c6ccccc6n4)C54c5ccccc5-c5ccccc54)cc23)cc1. The third kappa shape index (κ3) is 8.04. The summed E-state index contributed by atoms with van der Waals surface area (Å²) in [5.41, 5.74) is 26.2. The fourth-order valence-electron chi connectivity index (χ4n) is 19.9. The van der Waals surface area contributed by atoms with Crippen LogP contribution in [-0.2, 0) is 10.8 Å². The first-order valence-electron chi connectivity index (χ1n) is 37.7. The second-order valence-corrected chi connectivity index (χ2v) is 31.8. The van der Waals surface area contributed by atoms with Gasteiger partial charge in [-0.2, -0.15) is 0 Å². The standard InChI is InChI=1S/C102H58N6S2/c1-2-25-62(26-3-1)93-76-57-64(47-53-86(76)104-100(105-93)108-87-54-51-83-97(91(87)74-48-44-60-23-6-8-28-67(60)95(74)108)109-89-41-21-19-39-81(89)101(83)77-35-15-10-30-69(77)70-31-11-16-36-78(70)101)65-46-50-82-90(58-65)110-98-84(102(82)79-37-17-12-32-71(79)72-33-13-18-38-80(72)102)52-55-88-92(98)75-49-45-61-24-7-9-29-68(61)96(75)107(88)99-103-85-40-20-14-34-73(85)94(106-99)66-43-42-59-22-4-5-27-63(59)56-66/h1-58H. The molecule has 0 atom stereocenters. The lowest BCUT2D eigenvalue weighted by molar-refractivity contribution is 0.726. The molecule has 4 aliphatic rings. The van der Waals surface area contributed by atoms with Gasteiger partial charge in [0, 0.05) is 73.8 Å². The minimum Gasteiger partial charge on any atom is -0.277 e. The van der Waals surface area contributed by atoms with Crippen molar-refractivity contribution in [3.05, 3.63) is 396 Å². The van der Waals surface area contributed by atoms with Crippen LogP contribution < -0.4 is 0 Å². The van der Waals surface area contributed by atoms with Crippen molar-refractivity contribution in [3.63, 3.8) is 0 Å². The van der Waals surface area contributed by atoms with Crippen LogP contribution >= 0.6 is 23.5 Å². The lowest BCUT2D eigenvalue weighted by atomic mass is 9.67. The molecule has 0 unspecified atom stereocenters. The maximum absolute atomic E-state index is 5.89. The number of nitrogens with zero attached hydrogens (tertiary/aromatic N) is 6. The monoisotopic (exact) mass is 1430 g/mol. The molecule has 6 nitrogen and oxygen atoms in total. The predicted octanol–water partition coefficient (Wildman–Crippen LogP) is 25.9. The van der Waals surface area contributed by atoms with Crippen LogP contribution in [-0.4, -0.2) is 29.1 Å². The number of para-hydroxylation sites is 1. The van der Waals surface area contributed by atoms with Crippen LogP contribution in [0.15, 0.2) is 371 Å². The molecule has 2 aliphatic heterocycles. The van der Waals surface area contributed by atoms with Gasteiger partial charge >= 0.3 is 0 Å². The number of hydrogen-bond donors (Lipinski definition) is 0. The maximum atomic E-state index is 5.89. The summed E-state index contributed by atoms with van der Waals surface area (Å²) < 4.78 is 4.74. The Balaban J connectivity index is 0.703. The largest absolute Gasteiger partial charge is 0.277 e. The molecule has 110 heavy (non-hydrogen) atoms. The van der Waals surface area contributed by atoms with Gasteiger partial charge in [-0.05, 0) is 148 Å². The number of rotatable bonds is 5. The van der Waals surface area contributed by atoms with Gasteiger partial charge in [-0.15, -0.1) is 0 Å². The third-order valence-corrected chi connectivity index (χ3v) is 26.8. The highest BCUT2D eigenvalue weighted by atomic mass is 32.2. The van der Waals surface area contributed by atoms with Crippen LogP contribution in [0.2, 0.25) is 0 Å². The molecule has 0 bridgehead atoms. The van der Waals surface area contributed by atoms with Crippen molar-refractivity contribution in [1.29, 1.82) is 0 Å². The van der Waals surface area contributed by atoms with Crippen LogP contribution in [0.5, 0.6) is 0 Å². The summed E-state index contributed by atoms with van der Waals surface area (Å²) in [6, 6.07) is 131. The van der Waals surface area contributed by atoms with Crippen LogP contribution in [0, 0.1) is 0 Å². The lowest BCUT2D eigenvalue weighted by Crippen LogP contribution is -2.32. The van der Waals surface area contributed by atoms with E-state index in [0.29, 0.717) is 11.9 Å². The van der Waals surface area contributed by atoms with Gasteiger partial charge in [0.05, 0.1) is 55.3 Å². The number of benzene rings is 17. The van der Waals surface area contributed by atoms with E-state index in [0.717, 1.165) is 104 Å². The molecule has 2 aliphatic carbocycles. The average molecular weight is 1430 g/mol. The fourth-order valence-corrected chi connectivity index (χ4v) is 22.7. The van der Waals surface area contributed by atoms with Crippen LogP contribution in [0.3, 0.4) is 0 Å². The minimum atomic E-state index is -0.673. The van der Waals surface area contributed by atoms with E-state index in [1.165, 1.54) is 113 Å².